The molecule has 0 aliphatic carbocycles. The molecule has 21 heavy (non-hydrogen) atoms. The maximum absolute atomic E-state index is 12.3. The average Bonchev–Trinajstić information content (AvgIpc) is 3.24. The fraction of sp³-hybridized carbons (Fsp3) is 0.467. The fourth-order valence-corrected chi connectivity index (χ4v) is 3.63. The van der Waals surface area contributed by atoms with Crippen molar-refractivity contribution in [3.63, 3.8) is 0 Å². The topological polar surface area (TPSA) is 50.2 Å². The molecule has 1 atom stereocenters. The maximum atomic E-state index is 12.3. The van der Waals surface area contributed by atoms with Crippen molar-refractivity contribution in [3.8, 4) is 0 Å². The molecule has 5 nitrogen and oxygen atoms in total. The molecule has 2 amide bonds. The number of aryl methyl sites for hydroxylation is 1. The molecule has 2 aromatic heterocycles. The third kappa shape index (κ3) is 3.44. The summed E-state index contributed by atoms with van der Waals surface area (Å²) >= 11 is 1.73. The van der Waals surface area contributed by atoms with Crippen LogP contribution in [0.5, 0.6) is 0 Å². The van der Waals surface area contributed by atoms with Crippen LogP contribution >= 0.6 is 11.3 Å². The van der Waals surface area contributed by atoms with Gasteiger partial charge in [0.05, 0.1) is 6.04 Å². The lowest BCUT2D eigenvalue weighted by atomic mass is 10.2. The minimum Gasteiger partial charge on any atom is -0.338 e. The molecule has 0 radical (unpaired) electrons. The van der Waals surface area contributed by atoms with E-state index in [9.17, 15) is 4.79 Å². The molecular formula is C15H20N4OS. The molecule has 0 saturated carbocycles. The van der Waals surface area contributed by atoms with Crippen molar-refractivity contribution in [2.45, 2.75) is 31.8 Å². The lowest BCUT2D eigenvalue weighted by molar-refractivity contribution is 0.193. The van der Waals surface area contributed by atoms with Crippen LogP contribution < -0.4 is 5.32 Å². The molecule has 1 N–H and O–H groups in total. The number of nitrogens with one attached hydrogen (secondary N) is 1. The third-order valence-corrected chi connectivity index (χ3v) is 4.76. The monoisotopic (exact) mass is 304 g/mol. The summed E-state index contributed by atoms with van der Waals surface area (Å²) in [4.78, 5) is 15.6. The standard InChI is InChI=1S/C15H20N4OS/c20-15(16-7-3-9-18-10-4-8-17-18)19-11-1-5-13(19)14-6-2-12-21-14/h2,4,6,8,10,12-13H,1,3,5,7,9,11H2,(H,16,20). The molecule has 1 aliphatic heterocycles. The Kier molecular flexibility index (Phi) is 4.55. The first-order valence-electron chi connectivity index (χ1n) is 7.40. The van der Waals surface area contributed by atoms with Crippen molar-refractivity contribution in [1.29, 1.82) is 0 Å². The molecule has 3 rings (SSSR count). The van der Waals surface area contributed by atoms with Gasteiger partial charge in [0.25, 0.3) is 0 Å². The first kappa shape index (κ1) is 14.1. The van der Waals surface area contributed by atoms with Gasteiger partial charge in [-0.25, -0.2) is 4.79 Å². The van der Waals surface area contributed by atoms with E-state index in [0.29, 0.717) is 6.54 Å². The van der Waals surface area contributed by atoms with Gasteiger partial charge in [-0.15, -0.1) is 11.3 Å². The number of amides is 2. The summed E-state index contributed by atoms with van der Waals surface area (Å²) in [6.07, 6.45) is 6.76. The highest BCUT2D eigenvalue weighted by Gasteiger charge is 2.30. The molecule has 6 heteroatoms. The second-order valence-corrected chi connectivity index (χ2v) is 6.20. The van der Waals surface area contributed by atoms with Gasteiger partial charge in [-0.05, 0) is 36.8 Å². The SMILES string of the molecule is O=C(NCCCn1cccn1)N1CCCC1c1cccs1. The Morgan fingerprint density at radius 1 is 1.48 bits per heavy atom. The summed E-state index contributed by atoms with van der Waals surface area (Å²) < 4.78 is 1.89. The highest BCUT2D eigenvalue weighted by atomic mass is 32.1. The highest BCUT2D eigenvalue weighted by Crippen LogP contribution is 2.34. The molecule has 0 bridgehead atoms. The molecular weight excluding hydrogens is 284 g/mol. The normalized spacial score (nSPS) is 18.1. The van der Waals surface area contributed by atoms with Crippen LogP contribution in [0.25, 0.3) is 0 Å². The van der Waals surface area contributed by atoms with E-state index in [1.165, 1.54) is 4.88 Å². The predicted molar refractivity (Wildman–Crippen MR) is 83.2 cm³/mol. The second-order valence-electron chi connectivity index (χ2n) is 5.22. The Labute approximate surface area is 128 Å². The van der Waals surface area contributed by atoms with Crippen LogP contribution in [0.15, 0.2) is 36.0 Å². The van der Waals surface area contributed by atoms with E-state index in [-0.39, 0.29) is 12.1 Å². The molecule has 0 spiro atoms. The number of nitrogens with zero attached hydrogens (tertiary/aromatic N) is 3. The fourth-order valence-electron chi connectivity index (χ4n) is 2.76. The van der Waals surface area contributed by atoms with Gasteiger partial charge in [0, 0.05) is 36.9 Å². The quantitative estimate of drug-likeness (QED) is 0.864. The van der Waals surface area contributed by atoms with Gasteiger partial charge in [0.15, 0.2) is 0 Å². The number of likely N-dealkylation sites (tertiary alicyclic amines) is 1. The van der Waals surface area contributed by atoms with Crippen LogP contribution in [0.4, 0.5) is 4.79 Å². The van der Waals surface area contributed by atoms with Gasteiger partial charge in [-0.1, -0.05) is 6.07 Å². The van der Waals surface area contributed by atoms with Gasteiger partial charge < -0.3 is 10.2 Å². The molecule has 2 aromatic rings. The van der Waals surface area contributed by atoms with Crippen LogP contribution in [0.3, 0.4) is 0 Å². The lowest BCUT2D eigenvalue weighted by Gasteiger charge is -2.24. The van der Waals surface area contributed by atoms with Gasteiger partial charge in [0.2, 0.25) is 0 Å². The number of hydrogen-bond donors (Lipinski definition) is 1. The van der Waals surface area contributed by atoms with E-state index in [1.807, 2.05) is 21.8 Å². The number of hydrogen-bond acceptors (Lipinski definition) is 3. The Hall–Kier alpha value is -1.82. The number of urea groups is 1. The van der Waals surface area contributed by atoms with Crippen LogP contribution in [0.2, 0.25) is 0 Å². The van der Waals surface area contributed by atoms with Gasteiger partial charge in [-0.3, -0.25) is 4.68 Å². The maximum Gasteiger partial charge on any atom is 0.317 e. The largest absolute Gasteiger partial charge is 0.338 e. The van der Waals surface area contributed by atoms with Crippen molar-refractivity contribution < 1.29 is 4.79 Å². The van der Waals surface area contributed by atoms with E-state index in [1.54, 1.807) is 17.5 Å². The molecule has 1 unspecified atom stereocenters. The van der Waals surface area contributed by atoms with Crippen molar-refractivity contribution >= 4 is 17.4 Å². The summed E-state index contributed by atoms with van der Waals surface area (Å²) in [6, 6.07) is 6.41. The highest BCUT2D eigenvalue weighted by molar-refractivity contribution is 7.10. The van der Waals surface area contributed by atoms with Crippen LogP contribution in [0.1, 0.15) is 30.2 Å². The Morgan fingerprint density at radius 3 is 3.19 bits per heavy atom. The summed E-state index contributed by atoms with van der Waals surface area (Å²) in [7, 11) is 0. The summed E-state index contributed by atoms with van der Waals surface area (Å²) in [5.74, 6) is 0. The minimum atomic E-state index is 0.0614. The first-order chi connectivity index (χ1) is 10.3. The molecule has 3 heterocycles. The average molecular weight is 304 g/mol. The Bertz CT molecular complexity index is 552. The van der Waals surface area contributed by atoms with Gasteiger partial charge in [-0.2, -0.15) is 5.10 Å². The van der Waals surface area contributed by atoms with Crippen LogP contribution in [-0.4, -0.2) is 33.8 Å². The molecule has 112 valence electrons. The third-order valence-electron chi connectivity index (χ3n) is 3.78. The van der Waals surface area contributed by atoms with E-state index >= 15 is 0 Å². The number of thiophene rings is 1. The molecule has 1 fully saturated rings. The zero-order valence-electron chi connectivity index (χ0n) is 11.9. The summed E-state index contributed by atoms with van der Waals surface area (Å²) in [5, 5.41) is 9.26. The zero-order chi connectivity index (χ0) is 14.5. The molecule has 1 aliphatic rings. The van der Waals surface area contributed by atoms with Gasteiger partial charge >= 0.3 is 6.03 Å². The first-order valence-corrected chi connectivity index (χ1v) is 8.28. The van der Waals surface area contributed by atoms with Crippen molar-refractivity contribution in [3.05, 3.63) is 40.8 Å². The van der Waals surface area contributed by atoms with E-state index in [0.717, 1.165) is 32.4 Å². The Morgan fingerprint density at radius 2 is 2.43 bits per heavy atom. The Balaban J connectivity index is 1.46. The zero-order valence-corrected chi connectivity index (χ0v) is 12.8. The van der Waals surface area contributed by atoms with Crippen LogP contribution in [-0.2, 0) is 6.54 Å². The summed E-state index contributed by atoms with van der Waals surface area (Å²) in [6.45, 7) is 2.38. The number of carbonyl (C=O) groups excluding carboxylic acids is 1. The van der Waals surface area contributed by atoms with E-state index in [4.69, 9.17) is 0 Å². The smallest absolute Gasteiger partial charge is 0.317 e. The van der Waals surface area contributed by atoms with Crippen molar-refractivity contribution in [1.82, 2.24) is 20.0 Å². The van der Waals surface area contributed by atoms with Crippen LogP contribution in [0, 0.1) is 0 Å². The molecule has 0 aromatic carbocycles. The van der Waals surface area contributed by atoms with E-state index in [2.05, 4.69) is 27.9 Å². The number of carbonyl (C=O) groups is 1. The number of aromatic nitrogens is 2. The molecule has 1 saturated heterocycles. The number of rotatable bonds is 5. The minimum absolute atomic E-state index is 0.0614. The van der Waals surface area contributed by atoms with Gasteiger partial charge in [0.1, 0.15) is 0 Å². The predicted octanol–water partition coefficient (Wildman–Crippen LogP) is 2.88. The second kappa shape index (κ2) is 6.76. The van der Waals surface area contributed by atoms with Crippen molar-refractivity contribution in [2.24, 2.45) is 0 Å². The van der Waals surface area contributed by atoms with Crippen molar-refractivity contribution in [2.75, 3.05) is 13.1 Å². The van der Waals surface area contributed by atoms with E-state index < -0.39 is 0 Å². The summed E-state index contributed by atoms with van der Waals surface area (Å²) in [5.41, 5.74) is 0. The lowest BCUT2D eigenvalue weighted by Crippen LogP contribution is -2.39.